The highest BCUT2D eigenvalue weighted by molar-refractivity contribution is 7.99. The van der Waals surface area contributed by atoms with Crippen LogP contribution in [0.15, 0.2) is 66.0 Å². The number of nitrogens with one attached hydrogen (secondary N) is 2. The summed E-state index contributed by atoms with van der Waals surface area (Å²) in [6.07, 6.45) is 3.40. The highest BCUT2D eigenvalue weighted by Gasteiger charge is 2.06. The van der Waals surface area contributed by atoms with E-state index in [-0.39, 0.29) is 17.6 Å². The topological polar surface area (TPSA) is 96.9 Å². The van der Waals surface area contributed by atoms with Gasteiger partial charge in [-0.15, -0.1) is 10.2 Å². The summed E-state index contributed by atoms with van der Waals surface area (Å²) in [5, 5.41) is 14.5. The molecule has 2 N–H and O–H groups in total. The first-order chi connectivity index (χ1) is 13.1. The molecule has 0 fully saturated rings. The number of pyridine rings is 1. The molecule has 0 saturated heterocycles. The van der Waals surface area contributed by atoms with E-state index in [9.17, 15) is 9.59 Å². The Labute approximate surface area is 160 Å². The van der Waals surface area contributed by atoms with Crippen molar-refractivity contribution in [1.82, 2.24) is 15.2 Å². The van der Waals surface area contributed by atoms with E-state index in [0.29, 0.717) is 16.4 Å². The van der Waals surface area contributed by atoms with Crippen LogP contribution in [0.5, 0.6) is 0 Å². The molecule has 7 nitrogen and oxygen atoms in total. The average molecular weight is 379 g/mol. The van der Waals surface area contributed by atoms with Crippen molar-refractivity contribution in [2.75, 3.05) is 16.4 Å². The molecule has 2 aromatic heterocycles. The van der Waals surface area contributed by atoms with E-state index in [2.05, 4.69) is 25.8 Å². The number of carbonyl (C=O) groups excluding carboxylic acids is 2. The third-order valence-corrected chi connectivity index (χ3v) is 4.38. The summed E-state index contributed by atoms with van der Waals surface area (Å²) in [7, 11) is 0. The minimum atomic E-state index is -0.146. The Kier molecular flexibility index (Phi) is 6.11. The van der Waals surface area contributed by atoms with Gasteiger partial charge in [0.05, 0.1) is 11.4 Å². The van der Waals surface area contributed by atoms with Gasteiger partial charge in [0.25, 0.3) is 0 Å². The molecule has 0 radical (unpaired) electrons. The maximum atomic E-state index is 12.1. The molecule has 1 aromatic carbocycles. The zero-order valence-corrected chi connectivity index (χ0v) is 15.4. The Morgan fingerprint density at radius 1 is 0.889 bits per heavy atom. The number of nitrogens with zero attached hydrogens (tertiary/aromatic N) is 3. The normalized spacial score (nSPS) is 10.3. The van der Waals surface area contributed by atoms with Crippen LogP contribution in [0.3, 0.4) is 0 Å². The molecule has 2 heterocycles. The third kappa shape index (κ3) is 5.61. The number of carbonyl (C=O) groups is 2. The first-order valence-corrected chi connectivity index (χ1v) is 9.13. The van der Waals surface area contributed by atoms with Crippen molar-refractivity contribution in [3.63, 3.8) is 0 Å². The quantitative estimate of drug-likeness (QED) is 0.638. The number of hydrogen-bond donors (Lipinski definition) is 2. The van der Waals surface area contributed by atoms with Gasteiger partial charge in [-0.2, -0.15) is 0 Å². The molecule has 0 aliphatic carbocycles. The molecular formula is C19H17N5O2S. The molecule has 0 aliphatic heterocycles. The molecule has 2 amide bonds. The average Bonchev–Trinajstić information content (AvgIpc) is 2.69. The van der Waals surface area contributed by atoms with Gasteiger partial charge < -0.3 is 10.6 Å². The number of benzene rings is 1. The summed E-state index contributed by atoms with van der Waals surface area (Å²) < 4.78 is 0. The molecule has 3 aromatic rings. The Balaban J connectivity index is 1.51. The Hall–Kier alpha value is -3.26. The van der Waals surface area contributed by atoms with E-state index in [1.807, 2.05) is 24.3 Å². The summed E-state index contributed by atoms with van der Waals surface area (Å²) >= 11 is 1.31. The van der Waals surface area contributed by atoms with Gasteiger partial charge in [-0.1, -0.05) is 11.8 Å². The number of anilines is 2. The van der Waals surface area contributed by atoms with Crippen molar-refractivity contribution in [1.29, 1.82) is 0 Å². The highest BCUT2D eigenvalue weighted by atomic mass is 32.2. The lowest BCUT2D eigenvalue weighted by Gasteiger charge is -2.07. The fourth-order valence-electron chi connectivity index (χ4n) is 2.25. The standard InChI is InChI=1S/C19H17N5O2S/c1-13(25)21-15-2-4-16(5-3-15)22-18(26)12-27-19-7-6-17(23-24-19)14-8-10-20-11-9-14/h2-11H,12H2,1H3,(H,21,25)(H,22,26). The molecule has 8 heteroatoms. The SMILES string of the molecule is CC(=O)Nc1ccc(NC(=O)CSc2ccc(-c3ccncc3)nn2)cc1. The van der Waals surface area contributed by atoms with Crippen molar-refractivity contribution < 1.29 is 9.59 Å². The molecule has 0 atom stereocenters. The lowest BCUT2D eigenvalue weighted by atomic mass is 10.2. The van der Waals surface area contributed by atoms with Crippen LogP contribution < -0.4 is 10.6 Å². The van der Waals surface area contributed by atoms with Crippen LogP contribution in [0.1, 0.15) is 6.92 Å². The molecule has 27 heavy (non-hydrogen) atoms. The van der Waals surface area contributed by atoms with Gasteiger partial charge in [-0.3, -0.25) is 14.6 Å². The van der Waals surface area contributed by atoms with Crippen molar-refractivity contribution >= 4 is 35.0 Å². The van der Waals surface area contributed by atoms with Crippen molar-refractivity contribution in [2.24, 2.45) is 0 Å². The zero-order valence-electron chi connectivity index (χ0n) is 14.5. The van der Waals surface area contributed by atoms with Crippen molar-refractivity contribution in [3.05, 3.63) is 60.9 Å². The fourth-order valence-corrected chi connectivity index (χ4v) is 2.86. The Morgan fingerprint density at radius 3 is 2.15 bits per heavy atom. The van der Waals surface area contributed by atoms with E-state index >= 15 is 0 Å². The predicted molar refractivity (Wildman–Crippen MR) is 105 cm³/mol. The first kappa shape index (κ1) is 18.5. The maximum Gasteiger partial charge on any atom is 0.234 e. The van der Waals surface area contributed by atoms with Crippen LogP contribution in [-0.4, -0.2) is 32.7 Å². The summed E-state index contributed by atoms with van der Waals surface area (Å²) in [5.74, 6) is -0.0666. The second-order valence-corrected chi connectivity index (χ2v) is 6.58. The molecule has 3 rings (SSSR count). The lowest BCUT2D eigenvalue weighted by Crippen LogP contribution is -2.14. The van der Waals surface area contributed by atoms with Gasteiger partial charge in [0.15, 0.2) is 0 Å². The number of amides is 2. The van der Waals surface area contributed by atoms with E-state index in [4.69, 9.17) is 0 Å². The summed E-state index contributed by atoms with van der Waals surface area (Å²) in [5.41, 5.74) is 3.04. The minimum absolute atomic E-state index is 0.140. The van der Waals surface area contributed by atoms with Crippen LogP contribution in [0.25, 0.3) is 11.3 Å². The number of hydrogen-bond acceptors (Lipinski definition) is 6. The van der Waals surface area contributed by atoms with E-state index in [1.165, 1.54) is 18.7 Å². The highest BCUT2D eigenvalue weighted by Crippen LogP contribution is 2.20. The zero-order chi connectivity index (χ0) is 19.1. The van der Waals surface area contributed by atoms with Crippen molar-refractivity contribution in [3.8, 4) is 11.3 Å². The number of rotatable bonds is 6. The summed E-state index contributed by atoms with van der Waals surface area (Å²) in [6, 6.07) is 14.4. The molecule has 0 unspecified atom stereocenters. The molecular weight excluding hydrogens is 362 g/mol. The largest absolute Gasteiger partial charge is 0.326 e. The number of aromatic nitrogens is 3. The van der Waals surface area contributed by atoms with Crippen LogP contribution in [0.2, 0.25) is 0 Å². The van der Waals surface area contributed by atoms with E-state index in [0.717, 1.165) is 11.3 Å². The van der Waals surface area contributed by atoms with Gasteiger partial charge >= 0.3 is 0 Å². The Bertz CT molecular complexity index is 915. The fraction of sp³-hybridized carbons (Fsp3) is 0.105. The number of thioether (sulfide) groups is 1. The minimum Gasteiger partial charge on any atom is -0.326 e. The molecule has 0 bridgehead atoms. The summed E-state index contributed by atoms with van der Waals surface area (Å²) in [6.45, 7) is 1.44. The lowest BCUT2D eigenvalue weighted by molar-refractivity contribution is -0.114. The predicted octanol–water partition coefficient (Wildman–Crippen LogP) is 3.23. The van der Waals surface area contributed by atoms with E-state index in [1.54, 1.807) is 36.7 Å². The van der Waals surface area contributed by atoms with Crippen LogP contribution in [0.4, 0.5) is 11.4 Å². The third-order valence-electron chi connectivity index (χ3n) is 3.46. The molecule has 0 spiro atoms. The second-order valence-electron chi connectivity index (χ2n) is 5.59. The Morgan fingerprint density at radius 2 is 1.56 bits per heavy atom. The maximum absolute atomic E-state index is 12.1. The van der Waals surface area contributed by atoms with Gasteiger partial charge in [-0.05, 0) is 48.5 Å². The van der Waals surface area contributed by atoms with Crippen LogP contribution in [-0.2, 0) is 9.59 Å². The van der Waals surface area contributed by atoms with Gasteiger partial charge in [0.1, 0.15) is 5.03 Å². The van der Waals surface area contributed by atoms with Gasteiger partial charge in [0.2, 0.25) is 11.8 Å². The smallest absolute Gasteiger partial charge is 0.234 e. The summed E-state index contributed by atoms with van der Waals surface area (Å²) in [4.78, 5) is 27.1. The first-order valence-electron chi connectivity index (χ1n) is 8.14. The van der Waals surface area contributed by atoms with Crippen LogP contribution >= 0.6 is 11.8 Å². The second kappa shape index (κ2) is 8.91. The van der Waals surface area contributed by atoms with E-state index < -0.39 is 0 Å². The van der Waals surface area contributed by atoms with Crippen molar-refractivity contribution in [2.45, 2.75) is 11.9 Å². The molecule has 136 valence electrons. The monoisotopic (exact) mass is 379 g/mol. The van der Waals surface area contributed by atoms with Gasteiger partial charge in [-0.25, -0.2) is 0 Å². The van der Waals surface area contributed by atoms with Crippen LogP contribution in [0, 0.1) is 0 Å². The van der Waals surface area contributed by atoms with Gasteiger partial charge in [0, 0.05) is 36.3 Å². The molecule has 0 aliphatic rings. The molecule has 0 saturated carbocycles.